The number of anilines is 2. The van der Waals surface area contributed by atoms with Crippen molar-refractivity contribution in [2.24, 2.45) is 0 Å². The number of carbonyl (C=O) groups excluding carboxylic acids is 1. The monoisotopic (exact) mass is 407 g/mol. The fourth-order valence-electron chi connectivity index (χ4n) is 3.06. The van der Waals surface area contributed by atoms with Crippen molar-refractivity contribution in [1.29, 1.82) is 0 Å². The van der Waals surface area contributed by atoms with Gasteiger partial charge in [0.2, 0.25) is 0 Å². The summed E-state index contributed by atoms with van der Waals surface area (Å²) >= 11 is 3.15. The van der Waals surface area contributed by atoms with Crippen LogP contribution in [-0.2, 0) is 9.53 Å². The van der Waals surface area contributed by atoms with Gasteiger partial charge in [-0.05, 0) is 41.4 Å². The Labute approximate surface area is 172 Å². The first kappa shape index (κ1) is 22.1. The van der Waals surface area contributed by atoms with Crippen LogP contribution in [0.3, 0.4) is 0 Å². The number of rotatable bonds is 15. The highest BCUT2D eigenvalue weighted by molar-refractivity contribution is 7.16. The average molecular weight is 408 g/mol. The van der Waals surface area contributed by atoms with Gasteiger partial charge < -0.3 is 4.74 Å². The maximum atomic E-state index is 12.6. The van der Waals surface area contributed by atoms with Crippen LogP contribution < -0.4 is 4.90 Å². The van der Waals surface area contributed by atoms with Gasteiger partial charge in [0, 0.05) is 6.61 Å². The van der Waals surface area contributed by atoms with Gasteiger partial charge in [0.05, 0.1) is 0 Å². The zero-order valence-corrected chi connectivity index (χ0v) is 18.2. The molecule has 27 heavy (non-hydrogen) atoms. The van der Waals surface area contributed by atoms with Crippen molar-refractivity contribution in [3.8, 4) is 0 Å². The first-order valence-corrected chi connectivity index (χ1v) is 12.1. The molecule has 0 aromatic carbocycles. The second-order valence-electron chi connectivity index (χ2n) is 6.87. The van der Waals surface area contributed by atoms with Crippen molar-refractivity contribution in [2.45, 2.75) is 71.1 Å². The molecule has 0 saturated carbocycles. The van der Waals surface area contributed by atoms with Crippen molar-refractivity contribution >= 4 is 38.6 Å². The first-order chi connectivity index (χ1) is 13.3. The molecule has 0 radical (unpaired) electrons. The highest BCUT2D eigenvalue weighted by Crippen LogP contribution is 2.32. The van der Waals surface area contributed by atoms with Crippen LogP contribution in [0, 0.1) is 0 Å². The molecule has 0 aliphatic heterocycles. The minimum absolute atomic E-state index is 0.00646. The smallest absolute Gasteiger partial charge is 0.258 e. The fourth-order valence-corrected chi connectivity index (χ4v) is 4.64. The molecule has 0 saturated heterocycles. The Hall–Kier alpha value is -1.17. The highest BCUT2D eigenvalue weighted by atomic mass is 32.1. The molecule has 2 rings (SSSR count). The van der Waals surface area contributed by atoms with E-state index in [4.69, 9.17) is 4.74 Å². The molecule has 0 atom stereocenters. The van der Waals surface area contributed by atoms with Crippen LogP contribution in [0.5, 0.6) is 0 Å². The van der Waals surface area contributed by atoms with Crippen molar-refractivity contribution in [1.82, 2.24) is 0 Å². The summed E-state index contributed by atoms with van der Waals surface area (Å²) in [7, 11) is 0. The van der Waals surface area contributed by atoms with E-state index in [-0.39, 0.29) is 12.5 Å². The SMILES string of the molecule is CCCCCCCCCCCCOCC(=O)N(c1cccs1)c1cccs1. The van der Waals surface area contributed by atoms with E-state index in [2.05, 4.69) is 6.92 Å². The highest BCUT2D eigenvalue weighted by Gasteiger charge is 2.19. The lowest BCUT2D eigenvalue weighted by molar-refractivity contribution is -0.122. The molecular formula is C22H33NO2S2. The molecule has 150 valence electrons. The summed E-state index contributed by atoms with van der Waals surface area (Å²) in [6.07, 6.45) is 13.1. The number of amides is 1. The van der Waals surface area contributed by atoms with Crippen LogP contribution in [0.2, 0.25) is 0 Å². The molecule has 0 unspecified atom stereocenters. The Balaban J connectivity index is 1.55. The third-order valence-corrected chi connectivity index (χ3v) is 6.28. The number of carbonyl (C=O) groups is 1. The van der Waals surface area contributed by atoms with E-state index in [1.165, 1.54) is 57.8 Å². The van der Waals surface area contributed by atoms with E-state index in [1.807, 2.05) is 35.0 Å². The van der Waals surface area contributed by atoms with Gasteiger partial charge in [0.25, 0.3) is 5.91 Å². The van der Waals surface area contributed by atoms with Gasteiger partial charge in [-0.1, -0.05) is 64.7 Å². The van der Waals surface area contributed by atoms with Gasteiger partial charge in [-0.15, -0.1) is 22.7 Å². The summed E-state index contributed by atoms with van der Waals surface area (Å²) in [6.45, 7) is 3.08. The van der Waals surface area contributed by atoms with Crippen molar-refractivity contribution in [3.63, 3.8) is 0 Å². The fraction of sp³-hybridized carbons (Fsp3) is 0.591. The summed E-state index contributed by atoms with van der Waals surface area (Å²) in [5.74, 6) is 0.00646. The predicted octanol–water partition coefficient (Wildman–Crippen LogP) is 7.41. The van der Waals surface area contributed by atoms with Crippen LogP contribution in [0.4, 0.5) is 10.0 Å². The maximum absolute atomic E-state index is 12.6. The summed E-state index contributed by atoms with van der Waals surface area (Å²) in [6, 6.07) is 7.90. The van der Waals surface area contributed by atoms with Crippen molar-refractivity contribution < 1.29 is 9.53 Å². The third-order valence-electron chi connectivity index (χ3n) is 4.57. The van der Waals surface area contributed by atoms with Crippen LogP contribution in [0.1, 0.15) is 71.1 Å². The molecule has 0 bridgehead atoms. The minimum Gasteiger partial charge on any atom is -0.372 e. The van der Waals surface area contributed by atoms with Crippen LogP contribution >= 0.6 is 22.7 Å². The van der Waals surface area contributed by atoms with E-state index in [0.717, 1.165) is 16.4 Å². The topological polar surface area (TPSA) is 29.5 Å². The predicted molar refractivity (Wildman–Crippen MR) is 118 cm³/mol. The van der Waals surface area contributed by atoms with E-state index in [1.54, 1.807) is 27.6 Å². The largest absolute Gasteiger partial charge is 0.372 e. The van der Waals surface area contributed by atoms with Crippen molar-refractivity contribution in [3.05, 3.63) is 35.0 Å². The number of thiophene rings is 2. The normalized spacial score (nSPS) is 11.0. The second kappa shape index (κ2) is 13.9. The maximum Gasteiger partial charge on any atom is 0.258 e. The summed E-state index contributed by atoms with van der Waals surface area (Å²) in [5, 5.41) is 5.89. The summed E-state index contributed by atoms with van der Waals surface area (Å²) in [5.41, 5.74) is 0. The Morgan fingerprint density at radius 2 is 1.37 bits per heavy atom. The van der Waals surface area contributed by atoms with Crippen LogP contribution in [0.15, 0.2) is 35.0 Å². The molecule has 2 aromatic heterocycles. The molecular weight excluding hydrogens is 374 g/mol. The molecule has 0 N–H and O–H groups in total. The lowest BCUT2D eigenvalue weighted by atomic mass is 10.1. The number of hydrogen-bond donors (Lipinski definition) is 0. The average Bonchev–Trinajstić information content (AvgIpc) is 3.38. The zero-order valence-electron chi connectivity index (χ0n) is 16.5. The van der Waals surface area contributed by atoms with Crippen molar-refractivity contribution in [2.75, 3.05) is 18.1 Å². The quantitative estimate of drug-likeness (QED) is 0.288. The van der Waals surface area contributed by atoms with E-state index in [9.17, 15) is 4.79 Å². The number of ether oxygens (including phenoxy) is 1. The Bertz CT molecular complexity index is 562. The Morgan fingerprint density at radius 1 is 0.852 bits per heavy atom. The van der Waals surface area contributed by atoms with Gasteiger partial charge in [0.15, 0.2) is 0 Å². The molecule has 5 heteroatoms. The van der Waals surface area contributed by atoms with Gasteiger partial charge in [-0.3, -0.25) is 9.69 Å². The Morgan fingerprint density at radius 3 is 1.85 bits per heavy atom. The van der Waals surface area contributed by atoms with Gasteiger partial charge >= 0.3 is 0 Å². The number of nitrogens with zero attached hydrogens (tertiary/aromatic N) is 1. The molecule has 3 nitrogen and oxygen atoms in total. The number of hydrogen-bond acceptors (Lipinski definition) is 4. The molecule has 0 aliphatic carbocycles. The minimum atomic E-state index is 0.00646. The molecule has 0 aliphatic rings. The second-order valence-corrected chi connectivity index (χ2v) is 8.72. The van der Waals surface area contributed by atoms with Gasteiger partial charge in [-0.2, -0.15) is 0 Å². The van der Waals surface area contributed by atoms with Gasteiger partial charge in [0.1, 0.15) is 16.6 Å². The lowest BCUT2D eigenvalue weighted by Crippen LogP contribution is -2.28. The molecule has 2 heterocycles. The van der Waals surface area contributed by atoms with E-state index < -0.39 is 0 Å². The zero-order chi connectivity index (χ0) is 19.2. The molecule has 0 spiro atoms. The Kier molecular flexibility index (Phi) is 11.4. The number of unbranched alkanes of at least 4 members (excludes halogenated alkanes) is 9. The summed E-state index contributed by atoms with van der Waals surface area (Å²) < 4.78 is 5.66. The standard InChI is InChI=1S/C22H33NO2S2/c1-2-3-4-5-6-7-8-9-10-11-16-25-19-20(24)23(21-14-12-17-26-21)22-15-13-18-27-22/h12-15,17-18H,2-11,16,19H2,1H3. The lowest BCUT2D eigenvalue weighted by Gasteiger charge is -2.19. The molecule has 0 fully saturated rings. The van der Waals surface area contributed by atoms with E-state index in [0.29, 0.717) is 6.61 Å². The summed E-state index contributed by atoms with van der Waals surface area (Å²) in [4.78, 5) is 14.4. The van der Waals surface area contributed by atoms with E-state index >= 15 is 0 Å². The van der Waals surface area contributed by atoms with Crippen LogP contribution in [0.25, 0.3) is 0 Å². The third kappa shape index (κ3) is 8.58. The molecule has 2 aromatic rings. The molecule has 1 amide bonds. The first-order valence-electron chi connectivity index (χ1n) is 10.3. The van der Waals surface area contributed by atoms with Crippen LogP contribution in [-0.4, -0.2) is 19.1 Å². The van der Waals surface area contributed by atoms with Gasteiger partial charge in [-0.25, -0.2) is 0 Å².